The van der Waals surface area contributed by atoms with Crippen LogP contribution in [-0.4, -0.2) is 12.2 Å². The number of alkyl halides is 3. The van der Waals surface area contributed by atoms with Gasteiger partial charge in [-0.25, -0.2) is 0 Å². The molecule has 4 atom stereocenters. The Balaban J connectivity index is 2.02. The van der Waals surface area contributed by atoms with E-state index < -0.39 is 12.2 Å². The lowest BCUT2D eigenvalue weighted by atomic mass is 9.83. The molecular formula is C9H14F3N. The zero-order chi connectivity index (χ0) is 9.64. The van der Waals surface area contributed by atoms with Gasteiger partial charge in [0.2, 0.25) is 0 Å². The highest BCUT2D eigenvalue weighted by Crippen LogP contribution is 2.51. The second-order valence-electron chi connectivity index (χ2n) is 4.41. The van der Waals surface area contributed by atoms with Gasteiger partial charge in [0.05, 0.1) is 0 Å². The van der Waals surface area contributed by atoms with E-state index in [1.807, 2.05) is 0 Å². The van der Waals surface area contributed by atoms with Crippen LogP contribution in [0.5, 0.6) is 0 Å². The van der Waals surface area contributed by atoms with Crippen LogP contribution >= 0.6 is 0 Å². The molecule has 4 heteroatoms. The fourth-order valence-electron chi connectivity index (χ4n) is 2.98. The minimum absolute atomic E-state index is 0.252. The Labute approximate surface area is 75.5 Å². The number of halogens is 3. The third kappa shape index (κ3) is 1.56. The summed E-state index contributed by atoms with van der Waals surface area (Å²) in [5, 5.41) is 0. The van der Waals surface area contributed by atoms with Crippen molar-refractivity contribution in [2.45, 2.75) is 37.9 Å². The Morgan fingerprint density at radius 1 is 1.15 bits per heavy atom. The molecule has 0 amide bonds. The molecule has 2 N–H and O–H groups in total. The van der Waals surface area contributed by atoms with Crippen LogP contribution in [0.25, 0.3) is 0 Å². The molecule has 0 saturated heterocycles. The van der Waals surface area contributed by atoms with E-state index in [0.717, 1.165) is 19.3 Å². The van der Waals surface area contributed by atoms with Crippen molar-refractivity contribution in [1.29, 1.82) is 0 Å². The Morgan fingerprint density at radius 3 is 2.23 bits per heavy atom. The molecule has 0 spiro atoms. The molecule has 2 aliphatic rings. The molecule has 0 radical (unpaired) electrons. The normalized spacial score (nSPS) is 41.1. The molecule has 2 aliphatic carbocycles. The van der Waals surface area contributed by atoms with Crippen LogP contribution in [-0.2, 0) is 0 Å². The molecule has 1 nitrogen and oxygen atoms in total. The van der Waals surface area contributed by atoms with Gasteiger partial charge in [0, 0.05) is 0 Å². The lowest BCUT2D eigenvalue weighted by Crippen LogP contribution is -2.45. The fraction of sp³-hybridized carbons (Fsp3) is 1.00. The second kappa shape index (κ2) is 2.87. The molecule has 2 saturated carbocycles. The molecule has 0 heterocycles. The number of nitrogens with two attached hydrogens (primary N) is 1. The van der Waals surface area contributed by atoms with Crippen LogP contribution in [0.1, 0.15) is 25.7 Å². The van der Waals surface area contributed by atoms with Crippen molar-refractivity contribution in [1.82, 2.24) is 0 Å². The summed E-state index contributed by atoms with van der Waals surface area (Å²) < 4.78 is 36.9. The average Bonchev–Trinajstić information content (AvgIpc) is 2.60. The summed E-state index contributed by atoms with van der Waals surface area (Å²) in [4.78, 5) is 0. The first-order valence-corrected chi connectivity index (χ1v) is 4.81. The maximum Gasteiger partial charge on any atom is 0.403 e. The SMILES string of the molecule is NC(C1CC2CCC1C2)C(F)(F)F. The first-order chi connectivity index (χ1) is 5.98. The van der Waals surface area contributed by atoms with Crippen LogP contribution in [0.2, 0.25) is 0 Å². The molecule has 4 unspecified atom stereocenters. The quantitative estimate of drug-likeness (QED) is 0.679. The molecule has 2 fully saturated rings. The minimum atomic E-state index is -4.20. The predicted molar refractivity (Wildman–Crippen MR) is 43.0 cm³/mol. The molecule has 0 aliphatic heterocycles. The number of rotatable bonds is 1. The summed E-state index contributed by atoms with van der Waals surface area (Å²) in [6.45, 7) is 0. The largest absolute Gasteiger partial charge is 0.403 e. The molecule has 0 aromatic carbocycles. The highest BCUT2D eigenvalue weighted by Gasteiger charge is 2.50. The number of hydrogen-bond acceptors (Lipinski definition) is 1. The van der Waals surface area contributed by atoms with E-state index in [1.54, 1.807) is 0 Å². The van der Waals surface area contributed by atoms with Crippen molar-refractivity contribution in [3.8, 4) is 0 Å². The van der Waals surface area contributed by atoms with Gasteiger partial charge >= 0.3 is 6.18 Å². The van der Waals surface area contributed by atoms with Gasteiger partial charge in [-0.15, -0.1) is 0 Å². The van der Waals surface area contributed by atoms with Crippen LogP contribution in [0, 0.1) is 17.8 Å². The van der Waals surface area contributed by atoms with Gasteiger partial charge in [0.25, 0.3) is 0 Å². The predicted octanol–water partition coefficient (Wildman–Crippen LogP) is 2.31. The smallest absolute Gasteiger partial charge is 0.320 e. The first-order valence-electron chi connectivity index (χ1n) is 4.81. The van der Waals surface area contributed by atoms with Crippen molar-refractivity contribution in [3.05, 3.63) is 0 Å². The number of fused-ring (bicyclic) bond motifs is 2. The van der Waals surface area contributed by atoms with E-state index >= 15 is 0 Å². The van der Waals surface area contributed by atoms with Crippen molar-refractivity contribution in [3.63, 3.8) is 0 Å². The maximum atomic E-state index is 12.3. The van der Waals surface area contributed by atoms with E-state index in [9.17, 15) is 13.2 Å². The summed E-state index contributed by atoms with van der Waals surface area (Å²) in [7, 11) is 0. The molecule has 76 valence electrons. The minimum Gasteiger partial charge on any atom is -0.320 e. The van der Waals surface area contributed by atoms with Crippen LogP contribution in [0.15, 0.2) is 0 Å². The van der Waals surface area contributed by atoms with E-state index in [4.69, 9.17) is 5.73 Å². The highest BCUT2D eigenvalue weighted by molar-refractivity contribution is 4.96. The number of hydrogen-bond donors (Lipinski definition) is 1. The standard InChI is InChI=1S/C9H14F3N/c10-9(11,12)8(13)7-4-5-1-2-6(7)3-5/h5-8H,1-4,13H2. The van der Waals surface area contributed by atoms with E-state index in [-0.39, 0.29) is 11.8 Å². The first kappa shape index (κ1) is 9.31. The lowest BCUT2D eigenvalue weighted by molar-refractivity contribution is -0.162. The van der Waals surface area contributed by atoms with E-state index in [2.05, 4.69) is 0 Å². The monoisotopic (exact) mass is 193 g/mol. The van der Waals surface area contributed by atoms with Crippen molar-refractivity contribution < 1.29 is 13.2 Å². The Kier molecular flexibility index (Phi) is 2.06. The Hall–Kier alpha value is -0.250. The van der Waals surface area contributed by atoms with Gasteiger partial charge in [-0.2, -0.15) is 13.2 Å². The fourth-order valence-corrected chi connectivity index (χ4v) is 2.98. The summed E-state index contributed by atoms with van der Waals surface area (Å²) in [6, 6.07) is -1.58. The summed E-state index contributed by atoms with van der Waals surface area (Å²) in [5.41, 5.74) is 5.22. The average molecular weight is 193 g/mol. The van der Waals surface area contributed by atoms with Crippen molar-refractivity contribution in [2.75, 3.05) is 0 Å². The molecule has 2 bridgehead atoms. The molecular weight excluding hydrogens is 179 g/mol. The van der Waals surface area contributed by atoms with Gasteiger partial charge in [-0.05, 0) is 37.0 Å². The van der Waals surface area contributed by atoms with Gasteiger partial charge in [0.1, 0.15) is 6.04 Å². The third-order valence-electron chi connectivity index (χ3n) is 3.63. The van der Waals surface area contributed by atoms with Gasteiger partial charge in [-0.3, -0.25) is 0 Å². The third-order valence-corrected chi connectivity index (χ3v) is 3.63. The summed E-state index contributed by atoms with van der Waals surface area (Å²) >= 11 is 0. The topological polar surface area (TPSA) is 26.0 Å². The molecule has 2 rings (SSSR count). The van der Waals surface area contributed by atoms with Crippen LogP contribution in [0.3, 0.4) is 0 Å². The van der Waals surface area contributed by atoms with Gasteiger partial charge in [-0.1, -0.05) is 6.42 Å². The van der Waals surface area contributed by atoms with Gasteiger partial charge < -0.3 is 5.73 Å². The Bertz CT molecular complexity index is 202. The molecule has 13 heavy (non-hydrogen) atoms. The van der Waals surface area contributed by atoms with Crippen molar-refractivity contribution >= 4 is 0 Å². The molecule has 0 aromatic rings. The zero-order valence-corrected chi connectivity index (χ0v) is 7.35. The van der Waals surface area contributed by atoms with Crippen LogP contribution < -0.4 is 5.73 Å². The van der Waals surface area contributed by atoms with Crippen LogP contribution in [0.4, 0.5) is 13.2 Å². The summed E-state index contributed by atoms with van der Waals surface area (Å²) in [6.07, 6.45) is -0.445. The molecule has 0 aromatic heterocycles. The zero-order valence-electron chi connectivity index (χ0n) is 7.35. The van der Waals surface area contributed by atoms with E-state index in [0.29, 0.717) is 12.3 Å². The summed E-state index contributed by atoms with van der Waals surface area (Å²) in [5.74, 6) is 0.490. The van der Waals surface area contributed by atoms with Crippen molar-refractivity contribution in [2.24, 2.45) is 23.5 Å². The Morgan fingerprint density at radius 2 is 1.85 bits per heavy atom. The maximum absolute atomic E-state index is 12.3. The second-order valence-corrected chi connectivity index (χ2v) is 4.41. The lowest BCUT2D eigenvalue weighted by Gasteiger charge is -2.28. The van der Waals surface area contributed by atoms with E-state index in [1.165, 1.54) is 0 Å². The highest BCUT2D eigenvalue weighted by atomic mass is 19.4. The van der Waals surface area contributed by atoms with Gasteiger partial charge in [0.15, 0.2) is 0 Å².